The standard InChI is InChI=1S/C15H17N3/c1-10-7-13(16)9-17-15(10)18-11(2)8-12-5-3-4-6-14(12)18/h3-7,9,11H,8,16H2,1-2H3. The molecule has 0 amide bonds. The van der Waals surface area contributed by atoms with Crippen molar-refractivity contribution in [2.24, 2.45) is 0 Å². The second-order valence-corrected chi connectivity index (χ2v) is 4.96. The number of aryl methyl sites for hydroxylation is 1. The zero-order valence-electron chi connectivity index (χ0n) is 10.7. The van der Waals surface area contributed by atoms with Crippen LogP contribution in [0.1, 0.15) is 18.1 Å². The minimum absolute atomic E-state index is 0.442. The topological polar surface area (TPSA) is 42.1 Å². The van der Waals surface area contributed by atoms with Crippen molar-refractivity contribution >= 4 is 17.2 Å². The Balaban J connectivity index is 2.12. The van der Waals surface area contributed by atoms with Crippen LogP contribution < -0.4 is 10.6 Å². The highest BCUT2D eigenvalue weighted by atomic mass is 15.2. The second kappa shape index (κ2) is 4.02. The summed E-state index contributed by atoms with van der Waals surface area (Å²) in [5, 5.41) is 0. The molecule has 0 fully saturated rings. The van der Waals surface area contributed by atoms with Gasteiger partial charge in [0.05, 0.1) is 11.9 Å². The van der Waals surface area contributed by atoms with Crippen LogP contribution >= 0.6 is 0 Å². The zero-order valence-corrected chi connectivity index (χ0v) is 10.7. The Bertz CT molecular complexity index is 592. The highest BCUT2D eigenvalue weighted by molar-refractivity contribution is 5.71. The molecule has 3 nitrogen and oxygen atoms in total. The Labute approximate surface area is 107 Å². The second-order valence-electron chi connectivity index (χ2n) is 4.96. The summed E-state index contributed by atoms with van der Waals surface area (Å²) < 4.78 is 0. The molecule has 1 aromatic carbocycles. The average Bonchev–Trinajstić information content (AvgIpc) is 2.66. The summed E-state index contributed by atoms with van der Waals surface area (Å²) in [5.74, 6) is 1.02. The lowest BCUT2D eigenvalue weighted by Crippen LogP contribution is -2.25. The van der Waals surface area contributed by atoms with Crippen LogP contribution in [0.15, 0.2) is 36.5 Å². The van der Waals surface area contributed by atoms with Gasteiger partial charge in [-0.25, -0.2) is 4.98 Å². The van der Waals surface area contributed by atoms with E-state index in [1.54, 1.807) is 6.20 Å². The molecule has 1 aromatic heterocycles. The molecule has 18 heavy (non-hydrogen) atoms. The van der Waals surface area contributed by atoms with E-state index < -0.39 is 0 Å². The zero-order chi connectivity index (χ0) is 12.7. The fourth-order valence-corrected chi connectivity index (χ4v) is 2.73. The first-order valence-electron chi connectivity index (χ1n) is 6.26. The molecule has 0 radical (unpaired) electrons. The number of hydrogen-bond acceptors (Lipinski definition) is 3. The summed E-state index contributed by atoms with van der Waals surface area (Å²) in [6.45, 7) is 4.30. The van der Waals surface area contributed by atoms with E-state index in [0.717, 1.165) is 23.5 Å². The van der Waals surface area contributed by atoms with Crippen molar-refractivity contribution in [1.82, 2.24) is 4.98 Å². The quantitative estimate of drug-likeness (QED) is 0.831. The molecule has 2 N–H and O–H groups in total. The van der Waals surface area contributed by atoms with Crippen LogP contribution in [0.3, 0.4) is 0 Å². The lowest BCUT2D eigenvalue weighted by atomic mass is 10.1. The van der Waals surface area contributed by atoms with Gasteiger partial charge in [0, 0.05) is 11.7 Å². The molecule has 1 aliphatic rings. The number of nitrogen functional groups attached to an aromatic ring is 1. The minimum Gasteiger partial charge on any atom is -0.397 e. The molecule has 0 saturated heterocycles. The summed E-state index contributed by atoms with van der Waals surface area (Å²) in [4.78, 5) is 6.82. The van der Waals surface area contributed by atoms with Crippen LogP contribution in [0, 0.1) is 6.92 Å². The fourth-order valence-electron chi connectivity index (χ4n) is 2.73. The summed E-state index contributed by atoms with van der Waals surface area (Å²) >= 11 is 0. The summed E-state index contributed by atoms with van der Waals surface area (Å²) in [6, 6.07) is 11.0. The van der Waals surface area contributed by atoms with Gasteiger partial charge in [-0.15, -0.1) is 0 Å². The number of aromatic nitrogens is 1. The van der Waals surface area contributed by atoms with Crippen molar-refractivity contribution in [2.45, 2.75) is 26.3 Å². The van der Waals surface area contributed by atoms with E-state index in [1.807, 2.05) is 6.07 Å². The third-order valence-corrected chi connectivity index (χ3v) is 3.51. The Morgan fingerprint density at radius 2 is 2.11 bits per heavy atom. The smallest absolute Gasteiger partial charge is 0.136 e. The predicted molar refractivity (Wildman–Crippen MR) is 75.1 cm³/mol. The fraction of sp³-hybridized carbons (Fsp3) is 0.267. The summed E-state index contributed by atoms with van der Waals surface area (Å²) in [7, 11) is 0. The third-order valence-electron chi connectivity index (χ3n) is 3.51. The van der Waals surface area contributed by atoms with Crippen LogP contribution in [-0.4, -0.2) is 11.0 Å². The Morgan fingerprint density at radius 3 is 2.89 bits per heavy atom. The minimum atomic E-state index is 0.442. The van der Waals surface area contributed by atoms with E-state index >= 15 is 0 Å². The molecule has 0 saturated carbocycles. The van der Waals surface area contributed by atoms with Gasteiger partial charge < -0.3 is 10.6 Å². The molecule has 2 aromatic rings. The van der Waals surface area contributed by atoms with E-state index in [4.69, 9.17) is 5.73 Å². The molecular weight excluding hydrogens is 222 g/mol. The number of hydrogen-bond donors (Lipinski definition) is 1. The van der Waals surface area contributed by atoms with Crippen molar-refractivity contribution < 1.29 is 0 Å². The molecule has 1 aliphatic heterocycles. The van der Waals surface area contributed by atoms with Gasteiger partial charge >= 0.3 is 0 Å². The van der Waals surface area contributed by atoms with Crippen LogP contribution in [-0.2, 0) is 6.42 Å². The molecule has 92 valence electrons. The number of rotatable bonds is 1. The monoisotopic (exact) mass is 239 g/mol. The van der Waals surface area contributed by atoms with Crippen molar-refractivity contribution in [3.05, 3.63) is 47.7 Å². The van der Waals surface area contributed by atoms with E-state index in [2.05, 4.69) is 48.0 Å². The highest BCUT2D eigenvalue weighted by Gasteiger charge is 2.28. The van der Waals surface area contributed by atoms with Crippen molar-refractivity contribution in [1.29, 1.82) is 0 Å². The maximum atomic E-state index is 5.77. The molecule has 0 aliphatic carbocycles. The number of benzene rings is 1. The number of para-hydroxylation sites is 1. The first-order chi connectivity index (χ1) is 8.66. The predicted octanol–water partition coefficient (Wildman–Crippen LogP) is 3.05. The molecule has 1 atom stereocenters. The average molecular weight is 239 g/mol. The number of anilines is 3. The third kappa shape index (κ3) is 1.63. The molecule has 3 rings (SSSR count). The molecule has 1 unspecified atom stereocenters. The van der Waals surface area contributed by atoms with Gasteiger partial charge in [0.25, 0.3) is 0 Å². The van der Waals surface area contributed by atoms with Gasteiger partial charge in [0.2, 0.25) is 0 Å². The van der Waals surface area contributed by atoms with Gasteiger partial charge in [0.1, 0.15) is 5.82 Å². The van der Waals surface area contributed by atoms with Crippen LogP contribution in [0.2, 0.25) is 0 Å². The van der Waals surface area contributed by atoms with Crippen LogP contribution in [0.5, 0.6) is 0 Å². The first-order valence-corrected chi connectivity index (χ1v) is 6.26. The summed E-state index contributed by atoms with van der Waals surface area (Å²) in [5.41, 5.74) is 10.3. The van der Waals surface area contributed by atoms with Crippen LogP contribution in [0.4, 0.5) is 17.2 Å². The molecule has 0 spiro atoms. The van der Waals surface area contributed by atoms with E-state index in [-0.39, 0.29) is 0 Å². The lowest BCUT2D eigenvalue weighted by Gasteiger charge is -2.25. The molecule has 2 heterocycles. The largest absolute Gasteiger partial charge is 0.397 e. The van der Waals surface area contributed by atoms with Crippen molar-refractivity contribution in [3.8, 4) is 0 Å². The van der Waals surface area contributed by atoms with E-state index in [0.29, 0.717) is 6.04 Å². The highest BCUT2D eigenvalue weighted by Crippen LogP contribution is 2.38. The number of fused-ring (bicyclic) bond motifs is 1. The van der Waals surface area contributed by atoms with Gasteiger partial charge in [-0.3, -0.25) is 0 Å². The molecule has 3 heteroatoms. The SMILES string of the molecule is Cc1cc(N)cnc1N1c2ccccc2CC1C. The first kappa shape index (κ1) is 11.1. The Kier molecular flexibility index (Phi) is 2.47. The Morgan fingerprint density at radius 1 is 1.33 bits per heavy atom. The van der Waals surface area contributed by atoms with Crippen LogP contribution in [0.25, 0.3) is 0 Å². The van der Waals surface area contributed by atoms with Gasteiger partial charge in [0.15, 0.2) is 0 Å². The van der Waals surface area contributed by atoms with Gasteiger partial charge in [-0.2, -0.15) is 0 Å². The van der Waals surface area contributed by atoms with Gasteiger partial charge in [-0.05, 0) is 43.5 Å². The molecular formula is C15H17N3. The number of nitrogens with zero attached hydrogens (tertiary/aromatic N) is 2. The lowest BCUT2D eigenvalue weighted by molar-refractivity contribution is 0.748. The normalized spacial score (nSPS) is 17.9. The molecule has 0 bridgehead atoms. The summed E-state index contributed by atoms with van der Waals surface area (Å²) in [6.07, 6.45) is 2.80. The van der Waals surface area contributed by atoms with Crippen molar-refractivity contribution in [2.75, 3.05) is 10.6 Å². The number of pyridine rings is 1. The van der Waals surface area contributed by atoms with E-state index in [1.165, 1.54) is 11.3 Å². The Hall–Kier alpha value is -2.03. The maximum Gasteiger partial charge on any atom is 0.136 e. The van der Waals surface area contributed by atoms with Gasteiger partial charge in [-0.1, -0.05) is 18.2 Å². The maximum absolute atomic E-state index is 5.77. The van der Waals surface area contributed by atoms with Crippen molar-refractivity contribution in [3.63, 3.8) is 0 Å². The number of nitrogens with two attached hydrogens (primary N) is 1. The van der Waals surface area contributed by atoms with E-state index in [9.17, 15) is 0 Å².